The van der Waals surface area contributed by atoms with Crippen LogP contribution in [0.15, 0.2) is 18.5 Å². The van der Waals surface area contributed by atoms with Gasteiger partial charge in [-0.05, 0) is 59.8 Å². The Morgan fingerprint density at radius 3 is 2.65 bits per heavy atom. The van der Waals surface area contributed by atoms with Crippen molar-refractivity contribution >= 4 is 17.7 Å². The van der Waals surface area contributed by atoms with E-state index >= 15 is 0 Å². The molecule has 2 aliphatic carbocycles. The summed E-state index contributed by atoms with van der Waals surface area (Å²) < 4.78 is 7.21. The molecule has 2 fully saturated rings. The van der Waals surface area contributed by atoms with E-state index < -0.39 is 6.09 Å². The smallest absolute Gasteiger partial charge is 0.408 e. The summed E-state index contributed by atoms with van der Waals surface area (Å²) >= 11 is 0. The van der Waals surface area contributed by atoms with Crippen molar-refractivity contribution in [1.82, 2.24) is 24.6 Å². The first-order valence-corrected chi connectivity index (χ1v) is 10.9. The number of hydrogen-bond acceptors (Lipinski definition) is 6. The van der Waals surface area contributed by atoms with E-state index in [0.717, 1.165) is 37.8 Å². The van der Waals surface area contributed by atoms with Crippen LogP contribution < -0.4 is 10.1 Å². The Morgan fingerprint density at radius 2 is 2.03 bits per heavy atom. The third-order valence-corrected chi connectivity index (χ3v) is 6.40. The number of nitrogens with zero attached hydrogens (tertiary/aromatic N) is 5. The molecule has 4 rings (SSSR count). The molecule has 2 heterocycles. The van der Waals surface area contributed by atoms with E-state index in [-0.39, 0.29) is 23.0 Å². The normalized spacial score (nSPS) is 22.2. The molecule has 2 N–H and O–H groups in total. The molecular formula is C22H32N6O3. The van der Waals surface area contributed by atoms with Gasteiger partial charge in [-0.15, -0.1) is 0 Å². The van der Waals surface area contributed by atoms with Crippen LogP contribution in [0, 0.1) is 0 Å². The van der Waals surface area contributed by atoms with Gasteiger partial charge in [-0.3, -0.25) is 14.6 Å². The third kappa shape index (κ3) is 4.31. The minimum atomic E-state index is -0.797. The molecule has 2 aromatic rings. The first-order valence-electron chi connectivity index (χ1n) is 10.9. The molecule has 0 radical (unpaired) electrons. The van der Waals surface area contributed by atoms with Gasteiger partial charge in [0.05, 0.1) is 25.0 Å². The summed E-state index contributed by atoms with van der Waals surface area (Å²) in [6.45, 7) is 8.44. The van der Waals surface area contributed by atoms with Gasteiger partial charge >= 0.3 is 6.09 Å². The Kier molecular flexibility index (Phi) is 5.31. The minimum Gasteiger partial charge on any atom is -0.480 e. The second-order valence-electron chi connectivity index (χ2n) is 9.92. The van der Waals surface area contributed by atoms with Gasteiger partial charge in [0.25, 0.3) is 0 Å². The van der Waals surface area contributed by atoms with Crippen molar-refractivity contribution < 1.29 is 14.6 Å². The van der Waals surface area contributed by atoms with Gasteiger partial charge in [0.1, 0.15) is 0 Å². The summed E-state index contributed by atoms with van der Waals surface area (Å²) in [6.07, 6.45) is 6.95. The SMILES string of the molecule is COc1cncc(Nc2cc([C@H]3CC[C@@H](N(C(=O)O)C4(C)CC4)C3)n(C(C)(C)C)n2)n1. The lowest BCUT2D eigenvalue weighted by Crippen LogP contribution is -2.45. The predicted molar refractivity (Wildman–Crippen MR) is 117 cm³/mol. The molecule has 2 aromatic heterocycles. The van der Waals surface area contributed by atoms with Crippen molar-refractivity contribution in [3.05, 3.63) is 24.2 Å². The van der Waals surface area contributed by atoms with Crippen molar-refractivity contribution in [2.75, 3.05) is 12.4 Å². The molecule has 0 bridgehead atoms. The maximum Gasteiger partial charge on any atom is 0.408 e. The zero-order valence-electron chi connectivity index (χ0n) is 18.9. The first-order chi connectivity index (χ1) is 14.6. The quantitative estimate of drug-likeness (QED) is 0.704. The number of rotatable bonds is 6. The van der Waals surface area contributed by atoms with Gasteiger partial charge in [0.15, 0.2) is 11.6 Å². The van der Waals surface area contributed by atoms with E-state index in [1.54, 1.807) is 24.4 Å². The molecule has 2 saturated carbocycles. The van der Waals surface area contributed by atoms with Crippen molar-refractivity contribution in [3.8, 4) is 5.88 Å². The largest absolute Gasteiger partial charge is 0.480 e. The fourth-order valence-electron chi connectivity index (χ4n) is 4.63. The average molecular weight is 429 g/mol. The summed E-state index contributed by atoms with van der Waals surface area (Å²) in [6, 6.07) is 2.11. The summed E-state index contributed by atoms with van der Waals surface area (Å²) in [5.41, 5.74) is 0.732. The number of ether oxygens (including phenoxy) is 1. The van der Waals surface area contributed by atoms with Crippen molar-refractivity contribution in [2.45, 2.75) is 82.8 Å². The zero-order chi connectivity index (χ0) is 22.4. The molecular weight excluding hydrogens is 396 g/mol. The number of carboxylic acid groups (broad SMARTS) is 1. The lowest BCUT2D eigenvalue weighted by molar-refractivity contribution is 0.0954. The summed E-state index contributed by atoms with van der Waals surface area (Å²) in [5.74, 6) is 1.95. The van der Waals surface area contributed by atoms with Gasteiger partial charge < -0.3 is 15.2 Å². The number of amides is 1. The van der Waals surface area contributed by atoms with Gasteiger partial charge in [0, 0.05) is 29.3 Å². The molecule has 0 aliphatic heterocycles. The highest BCUT2D eigenvalue weighted by Gasteiger charge is 2.50. The fraction of sp³-hybridized carbons (Fsp3) is 0.636. The molecule has 31 heavy (non-hydrogen) atoms. The van der Waals surface area contributed by atoms with Crippen molar-refractivity contribution in [1.29, 1.82) is 0 Å². The van der Waals surface area contributed by atoms with Crippen LogP contribution in [-0.2, 0) is 5.54 Å². The lowest BCUT2D eigenvalue weighted by Gasteiger charge is -2.32. The van der Waals surface area contributed by atoms with Crippen LogP contribution in [0.5, 0.6) is 5.88 Å². The van der Waals surface area contributed by atoms with Crippen molar-refractivity contribution in [3.63, 3.8) is 0 Å². The van der Waals surface area contributed by atoms with E-state index in [1.165, 1.54) is 0 Å². The minimum absolute atomic E-state index is 0.0546. The van der Waals surface area contributed by atoms with Gasteiger partial charge in [-0.2, -0.15) is 10.1 Å². The molecule has 9 nitrogen and oxygen atoms in total. The van der Waals surface area contributed by atoms with Crippen LogP contribution in [-0.4, -0.2) is 54.5 Å². The van der Waals surface area contributed by atoms with Gasteiger partial charge in [0.2, 0.25) is 5.88 Å². The number of hydrogen-bond donors (Lipinski definition) is 2. The molecule has 168 valence electrons. The van der Waals surface area contributed by atoms with Crippen LogP contribution in [0.3, 0.4) is 0 Å². The molecule has 0 unspecified atom stereocenters. The van der Waals surface area contributed by atoms with Crippen molar-refractivity contribution in [2.24, 2.45) is 0 Å². The second kappa shape index (κ2) is 7.69. The van der Waals surface area contributed by atoms with Gasteiger partial charge in [-0.25, -0.2) is 4.79 Å². The summed E-state index contributed by atoms with van der Waals surface area (Å²) in [5, 5.41) is 17.9. The summed E-state index contributed by atoms with van der Waals surface area (Å²) in [4.78, 5) is 22.2. The molecule has 0 saturated heterocycles. The highest BCUT2D eigenvalue weighted by atomic mass is 16.5. The topological polar surface area (TPSA) is 105 Å². The van der Waals surface area contributed by atoms with Crippen LogP contribution in [0.4, 0.5) is 16.4 Å². The predicted octanol–water partition coefficient (Wildman–Crippen LogP) is 4.35. The third-order valence-electron chi connectivity index (χ3n) is 6.40. The summed E-state index contributed by atoms with van der Waals surface area (Å²) in [7, 11) is 1.55. The zero-order valence-corrected chi connectivity index (χ0v) is 18.9. The Balaban J connectivity index is 1.58. The molecule has 2 atom stereocenters. The molecule has 0 aromatic carbocycles. The first kappa shape index (κ1) is 21.4. The number of anilines is 2. The maximum atomic E-state index is 12.0. The van der Waals surface area contributed by atoms with Gasteiger partial charge in [-0.1, -0.05) is 0 Å². The van der Waals surface area contributed by atoms with E-state index in [4.69, 9.17) is 9.84 Å². The number of aromatic nitrogens is 4. The van der Waals surface area contributed by atoms with E-state index in [0.29, 0.717) is 17.5 Å². The monoisotopic (exact) mass is 428 g/mol. The Hall–Kier alpha value is -2.84. The molecule has 0 spiro atoms. The highest BCUT2D eigenvalue weighted by molar-refractivity contribution is 5.67. The number of methoxy groups -OCH3 is 1. The Bertz CT molecular complexity index is 962. The van der Waals surface area contributed by atoms with E-state index in [9.17, 15) is 9.90 Å². The van der Waals surface area contributed by atoms with E-state index in [1.807, 2.05) is 0 Å². The van der Waals surface area contributed by atoms with Crippen LogP contribution in [0.1, 0.15) is 71.4 Å². The van der Waals surface area contributed by atoms with Crippen LogP contribution >= 0.6 is 0 Å². The number of carbonyl (C=O) groups is 1. The molecule has 9 heteroatoms. The molecule has 1 amide bonds. The van der Waals surface area contributed by atoms with Crippen LogP contribution in [0.25, 0.3) is 0 Å². The highest BCUT2D eigenvalue weighted by Crippen LogP contribution is 2.47. The second-order valence-corrected chi connectivity index (χ2v) is 9.92. The van der Waals surface area contributed by atoms with Crippen LogP contribution in [0.2, 0.25) is 0 Å². The Morgan fingerprint density at radius 1 is 1.29 bits per heavy atom. The number of nitrogens with one attached hydrogen (secondary N) is 1. The van der Waals surface area contributed by atoms with E-state index in [2.05, 4.69) is 53.7 Å². The fourth-order valence-corrected chi connectivity index (χ4v) is 4.63. The lowest BCUT2D eigenvalue weighted by atomic mass is 10.0. The molecule has 2 aliphatic rings. The maximum absolute atomic E-state index is 12.0. The standard InChI is InChI=1S/C22H32N6O3/c1-21(2,3)28-16(11-17(26-28)24-18-12-23-13-19(25-18)31-5)14-6-7-15(10-14)27(20(29)30)22(4)8-9-22/h11-15H,6-10H2,1-5H3,(H,29,30)(H,24,25,26)/t14-,15+/m0/s1. The Labute approximate surface area is 182 Å². The average Bonchev–Trinajstić information content (AvgIpc) is 3.08.